The number of hydrogen-bond acceptors (Lipinski definition) is 5. The molecular weight excluding hydrogens is 381 g/mol. The van der Waals surface area contributed by atoms with Crippen LogP contribution in [0.3, 0.4) is 0 Å². The highest BCUT2D eigenvalue weighted by Crippen LogP contribution is 2.36. The maximum Gasteiger partial charge on any atom is 0.171 e. The first kappa shape index (κ1) is 17.9. The molecule has 1 aliphatic carbocycles. The molecule has 0 spiro atoms. The second-order valence-corrected chi connectivity index (χ2v) is 8.82. The molecule has 0 unspecified atom stereocenters. The zero-order valence-corrected chi connectivity index (χ0v) is 17.1. The molecule has 3 aromatic heterocycles. The highest BCUT2D eigenvalue weighted by Gasteiger charge is 2.35. The van der Waals surface area contributed by atoms with Gasteiger partial charge in [0.05, 0.1) is 35.9 Å². The molecule has 1 saturated carbocycles. The summed E-state index contributed by atoms with van der Waals surface area (Å²) in [5.41, 5.74) is 5.33. The first-order chi connectivity index (χ1) is 14.6. The lowest BCUT2D eigenvalue weighted by Gasteiger charge is -2.40. The van der Waals surface area contributed by atoms with Crippen LogP contribution in [0.2, 0.25) is 0 Å². The fourth-order valence-corrected chi connectivity index (χ4v) is 5.28. The van der Waals surface area contributed by atoms with Crippen LogP contribution in [0.15, 0.2) is 18.3 Å². The zero-order valence-electron chi connectivity index (χ0n) is 17.1. The first-order valence-electron chi connectivity index (χ1n) is 10.8. The Hall–Kier alpha value is -2.92. The van der Waals surface area contributed by atoms with Gasteiger partial charge in [0.2, 0.25) is 0 Å². The van der Waals surface area contributed by atoms with E-state index in [1.165, 1.54) is 46.9 Å². The van der Waals surface area contributed by atoms with Crippen molar-refractivity contribution < 1.29 is 4.39 Å². The monoisotopic (exact) mass is 405 g/mol. The minimum atomic E-state index is -0.396. The number of rotatable bonds is 2. The second-order valence-electron chi connectivity index (χ2n) is 8.82. The molecule has 0 saturated heterocycles. The average Bonchev–Trinajstić information content (AvgIpc) is 3.28. The third-order valence-electron chi connectivity index (χ3n) is 7.08. The number of hydrogen-bond donors (Lipinski definition) is 0. The van der Waals surface area contributed by atoms with E-state index in [9.17, 15) is 9.65 Å². The molecule has 0 radical (unpaired) electrons. The molecule has 0 amide bonds. The molecule has 0 N–H and O–H groups in total. The second kappa shape index (κ2) is 6.54. The van der Waals surface area contributed by atoms with Crippen LogP contribution in [0.25, 0.3) is 5.52 Å². The van der Waals surface area contributed by atoms with Crippen LogP contribution >= 0.6 is 0 Å². The van der Waals surface area contributed by atoms with E-state index in [2.05, 4.69) is 32.6 Å². The smallest absolute Gasteiger partial charge is 0.171 e. The van der Waals surface area contributed by atoms with Crippen LogP contribution < -0.4 is 4.90 Å². The summed E-state index contributed by atoms with van der Waals surface area (Å²) in [6, 6.07) is 6.59. The van der Waals surface area contributed by atoms with Crippen molar-refractivity contribution in [3.63, 3.8) is 0 Å². The molecule has 2 aliphatic heterocycles. The van der Waals surface area contributed by atoms with Crippen molar-refractivity contribution in [1.29, 1.82) is 5.26 Å². The van der Waals surface area contributed by atoms with Gasteiger partial charge in [-0.2, -0.15) is 15.5 Å². The highest BCUT2D eigenvalue weighted by atomic mass is 19.1. The minimum absolute atomic E-state index is 0.193. The van der Waals surface area contributed by atoms with Gasteiger partial charge in [-0.3, -0.25) is 9.58 Å². The SMILES string of the molecule is C[C@@H]1CN(c2ccc(C#N)n3ncc(F)c23)Cc2c3c(nn21)CCN(C1CCC1)C3. The molecule has 3 aliphatic rings. The van der Waals surface area contributed by atoms with Crippen LogP contribution in [0, 0.1) is 17.1 Å². The summed E-state index contributed by atoms with van der Waals surface area (Å²) < 4.78 is 18.2. The van der Waals surface area contributed by atoms with Crippen molar-refractivity contribution >= 4 is 11.2 Å². The summed E-state index contributed by atoms with van der Waals surface area (Å²) in [4.78, 5) is 4.83. The lowest BCUT2D eigenvalue weighted by atomic mass is 9.89. The van der Waals surface area contributed by atoms with Crippen LogP contribution in [-0.2, 0) is 19.5 Å². The van der Waals surface area contributed by atoms with Crippen LogP contribution in [0.1, 0.15) is 54.9 Å². The van der Waals surface area contributed by atoms with Crippen molar-refractivity contribution in [2.45, 2.75) is 57.8 Å². The molecule has 1 fully saturated rings. The highest BCUT2D eigenvalue weighted by molar-refractivity contribution is 5.75. The molecule has 1 atom stereocenters. The molecule has 0 bridgehead atoms. The minimum Gasteiger partial charge on any atom is -0.362 e. The van der Waals surface area contributed by atoms with Crippen LogP contribution in [-0.4, -0.2) is 43.4 Å². The number of nitrogens with zero attached hydrogens (tertiary/aromatic N) is 7. The van der Waals surface area contributed by atoms with Crippen molar-refractivity contribution in [2.24, 2.45) is 0 Å². The Kier molecular flexibility index (Phi) is 3.90. The number of halogens is 1. The number of aromatic nitrogens is 4. The third-order valence-corrected chi connectivity index (χ3v) is 7.08. The molecule has 0 aromatic carbocycles. The Bertz CT molecular complexity index is 1180. The van der Waals surface area contributed by atoms with Gasteiger partial charge in [0.15, 0.2) is 5.82 Å². The maximum absolute atomic E-state index is 14.6. The van der Waals surface area contributed by atoms with E-state index in [1.54, 1.807) is 6.07 Å². The van der Waals surface area contributed by atoms with Crippen molar-refractivity contribution in [1.82, 2.24) is 24.3 Å². The van der Waals surface area contributed by atoms with E-state index in [0.29, 0.717) is 17.8 Å². The molecule has 154 valence electrons. The van der Waals surface area contributed by atoms with Gasteiger partial charge in [0.25, 0.3) is 0 Å². The summed E-state index contributed by atoms with van der Waals surface area (Å²) in [5.74, 6) is -0.396. The molecule has 6 rings (SSSR count). The Labute approximate surface area is 174 Å². The number of nitriles is 1. The Morgan fingerprint density at radius 1 is 1.23 bits per heavy atom. The van der Waals surface area contributed by atoms with E-state index >= 15 is 0 Å². The van der Waals surface area contributed by atoms with Gasteiger partial charge in [-0.15, -0.1) is 0 Å². The Balaban J connectivity index is 1.40. The van der Waals surface area contributed by atoms with Gasteiger partial charge >= 0.3 is 0 Å². The van der Waals surface area contributed by atoms with Crippen molar-refractivity contribution in [2.75, 3.05) is 18.0 Å². The summed E-state index contributed by atoms with van der Waals surface area (Å²) in [5, 5.41) is 18.4. The largest absolute Gasteiger partial charge is 0.362 e. The van der Waals surface area contributed by atoms with E-state index in [4.69, 9.17) is 5.10 Å². The van der Waals surface area contributed by atoms with Crippen LogP contribution in [0.5, 0.6) is 0 Å². The first-order valence-corrected chi connectivity index (χ1v) is 10.8. The predicted octanol–water partition coefficient (Wildman–Crippen LogP) is 3.03. The Morgan fingerprint density at radius 2 is 2.10 bits per heavy atom. The van der Waals surface area contributed by atoms with E-state index in [-0.39, 0.29) is 6.04 Å². The number of anilines is 1. The zero-order chi connectivity index (χ0) is 20.4. The molecular formula is C22H24FN7. The topological polar surface area (TPSA) is 65.4 Å². The molecule has 5 heterocycles. The predicted molar refractivity (Wildman–Crippen MR) is 110 cm³/mol. The molecule has 30 heavy (non-hydrogen) atoms. The summed E-state index contributed by atoms with van der Waals surface area (Å²) in [6.07, 6.45) is 6.17. The van der Waals surface area contributed by atoms with Gasteiger partial charge in [0, 0.05) is 37.7 Å². The van der Waals surface area contributed by atoms with Gasteiger partial charge in [0.1, 0.15) is 17.3 Å². The van der Waals surface area contributed by atoms with E-state index < -0.39 is 5.82 Å². The van der Waals surface area contributed by atoms with Crippen molar-refractivity contribution in [3.05, 3.63) is 46.8 Å². The summed E-state index contributed by atoms with van der Waals surface area (Å²) in [7, 11) is 0. The lowest BCUT2D eigenvalue weighted by molar-refractivity contribution is 0.113. The third kappa shape index (κ3) is 2.51. The number of fused-ring (bicyclic) bond motifs is 4. The molecule has 3 aromatic rings. The number of pyridine rings is 1. The molecule has 8 heteroatoms. The van der Waals surface area contributed by atoms with Gasteiger partial charge in [-0.25, -0.2) is 8.91 Å². The molecule has 7 nitrogen and oxygen atoms in total. The van der Waals surface area contributed by atoms with Gasteiger partial charge in [-0.05, 0) is 31.9 Å². The standard InChI is InChI=1S/C22H24FN7/c1-14-11-28(20-6-5-16(9-24)30-22(20)18(23)10-25-30)13-21-17-12-27(15-3-2-4-15)8-7-19(17)26-29(14)21/h5-6,10,14-15H,2-4,7-8,11-13H2,1H3/t14-/m1/s1. The van der Waals surface area contributed by atoms with E-state index in [1.807, 2.05) is 6.07 Å². The normalized spacial score (nSPS) is 21.9. The fourth-order valence-electron chi connectivity index (χ4n) is 5.28. The Morgan fingerprint density at radius 3 is 2.87 bits per heavy atom. The quantitative estimate of drug-likeness (QED) is 0.656. The maximum atomic E-state index is 14.6. The van der Waals surface area contributed by atoms with Crippen molar-refractivity contribution in [3.8, 4) is 6.07 Å². The van der Waals surface area contributed by atoms with Gasteiger partial charge in [-0.1, -0.05) is 6.42 Å². The van der Waals surface area contributed by atoms with E-state index in [0.717, 1.165) is 37.8 Å². The van der Waals surface area contributed by atoms with Gasteiger partial charge < -0.3 is 4.90 Å². The average molecular weight is 405 g/mol. The summed E-state index contributed by atoms with van der Waals surface area (Å²) in [6.45, 7) is 5.68. The van der Waals surface area contributed by atoms with Crippen LogP contribution in [0.4, 0.5) is 10.1 Å². The lowest BCUT2D eigenvalue weighted by Crippen LogP contribution is -2.43. The summed E-state index contributed by atoms with van der Waals surface area (Å²) >= 11 is 0. The fraction of sp³-hybridized carbons (Fsp3) is 0.500.